The predicted octanol–water partition coefficient (Wildman–Crippen LogP) is 3.14. The summed E-state index contributed by atoms with van der Waals surface area (Å²) in [6.07, 6.45) is 1.95. The first-order valence-electron chi connectivity index (χ1n) is 8.57. The molecule has 0 aliphatic heterocycles. The van der Waals surface area contributed by atoms with Crippen molar-refractivity contribution in [3.8, 4) is 0 Å². The molecule has 2 aromatic carbocycles. The highest BCUT2D eigenvalue weighted by Gasteiger charge is 2.09. The van der Waals surface area contributed by atoms with Gasteiger partial charge in [-0.3, -0.25) is 9.59 Å². The minimum Gasteiger partial charge on any atom is -0.455 e. The van der Waals surface area contributed by atoms with Crippen LogP contribution in [-0.4, -0.2) is 25.0 Å². The number of esters is 1. The lowest BCUT2D eigenvalue weighted by Gasteiger charge is -2.08. The highest BCUT2D eigenvalue weighted by Crippen LogP contribution is 2.10. The number of amides is 1. The van der Waals surface area contributed by atoms with Crippen molar-refractivity contribution < 1.29 is 14.3 Å². The van der Waals surface area contributed by atoms with E-state index in [9.17, 15) is 9.59 Å². The van der Waals surface area contributed by atoms with Crippen molar-refractivity contribution in [1.82, 2.24) is 5.32 Å². The van der Waals surface area contributed by atoms with Crippen LogP contribution < -0.4 is 5.32 Å². The fraction of sp³-hybridized carbons (Fsp3) is 0.333. The standard InChI is InChI=1S/C21H25NO3/c1-16-10-11-19(13-17(16)2)14-21(24)25-15-20(23)22-12-6-9-18-7-4-3-5-8-18/h3-5,7-8,10-11,13H,6,9,12,14-15H2,1-2H3,(H,22,23). The average molecular weight is 339 g/mol. The molecule has 1 N–H and O–H groups in total. The van der Waals surface area contributed by atoms with Crippen molar-refractivity contribution in [2.45, 2.75) is 33.1 Å². The second kappa shape index (κ2) is 9.62. The zero-order chi connectivity index (χ0) is 18.1. The highest BCUT2D eigenvalue weighted by atomic mass is 16.5. The molecule has 0 spiro atoms. The average Bonchev–Trinajstić information content (AvgIpc) is 2.61. The van der Waals surface area contributed by atoms with Crippen LogP contribution in [0.5, 0.6) is 0 Å². The van der Waals surface area contributed by atoms with Gasteiger partial charge in [-0.2, -0.15) is 0 Å². The zero-order valence-corrected chi connectivity index (χ0v) is 14.9. The number of benzene rings is 2. The number of ether oxygens (including phenoxy) is 1. The Morgan fingerprint density at radius 3 is 2.44 bits per heavy atom. The number of aryl methyl sites for hydroxylation is 3. The molecule has 0 aromatic heterocycles. The Hall–Kier alpha value is -2.62. The molecule has 4 heteroatoms. The second-order valence-electron chi connectivity index (χ2n) is 6.20. The lowest BCUT2D eigenvalue weighted by molar-refractivity contribution is -0.147. The van der Waals surface area contributed by atoms with Crippen LogP contribution in [0.15, 0.2) is 48.5 Å². The molecule has 0 aliphatic rings. The Labute approximate surface area is 149 Å². The summed E-state index contributed by atoms with van der Waals surface area (Å²) in [6.45, 7) is 4.38. The van der Waals surface area contributed by atoms with E-state index < -0.39 is 0 Å². The van der Waals surface area contributed by atoms with Gasteiger partial charge in [-0.05, 0) is 48.9 Å². The van der Waals surface area contributed by atoms with E-state index in [1.807, 2.05) is 50.2 Å². The van der Waals surface area contributed by atoms with Gasteiger partial charge in [0.15, 0.2) is 6.61 Å². The van der Waals surface area contributed by atoms with Crippen LogP contribution >= 0.6 is 0 Å². The molecule has 25 heavy (non-hydrogen) atoms. The van der Waals surface area contributed by atoms with Gasteiger partial charge < -0.3 is 10.1 Å². The Balaban J connectivity index is 1.62. The summed E-state index contributed by atoms with van der Waals surface area (Å²) in [5, 5.41) is 2.77. The quantitative estimate of drug-likeness (QED) is 0.594. The summed E-state index contributed by atoms with van der Waals surface area (Å²) in [5.74, 6) is -0.649. The van der Waals surface area contributed by atoms with Gasteiger partial charge in [0.05, 0.1) is 6.42 Å². The Bertz CT molecular complexity index is 710. The van der Waals surface area contributed by atoms with Gasteiger partial charge in [-0.25, -0.2) is 0 Å². The predicted molar refractivity (Wildman–Crippen MR) is 98.4 cm³/mol. The summed E-state index contributed by atoms with van der Waals surface area (Å²) >= 11 is 0. The molecular formula is C21H25NO3. The van der Waals surface area contributed by atoms with Crippen molar-refractivity contribution in [3.05, 3.63) is 70.8 Å². The van der Waals surface area contributed by atoms with E-state index in [2.05, 4.69) is 17.4 Å². The van der Waals surface area contributed by atoms with Gasteiger partial charge in [0, 0.05) is 6.54 Å². The molecule has 0 heterocycles. The maximum Gasteiger partial charge on any atom is 0.310 e. The summed E-state index contributed by atoms with van der Waals surface area (Å²) in [7, 11) is 0. The minimum absolute atomic E-state index is 0.183. The van der Waals surface area contributed by atoms with E-state index in [0.29, 0.717) is 6.54 Å². The molecule has 2 aromatic rings. The molecule has 4 nitrogen and oxygen atoms in total. The molecule has 0 unspecified atom stereocenters. The SMILES string of the molecule is Cc1ccc(CC(=O)OCC(=O)NCCCc2ccccc2)cc1C. The third-order valence-electron chi connectivity index (χ3n) is 4.09. The molecule has 0 fully saturated rings. The van der Waals surface area contributed by atoms with Crippen LogP contribution in [0.1, 0.15) is 28.7 Å². The molecule has 132 valence electrons. The van der Waals surface area contributed by atoms with Crippen LogP contribution in [-0.2, 0) is 27.2 Å². The molecule has 0 saturated heterocycles. The van der Waals surface area contributed by atoms with Crippen molar-refractivity contribution in [1.29, 1.82) is 0 Å². The zero-order valence-electron chi connectivity index (χ0n) is 14.9. The number of nitrogens with one attached hydrogen (secondary N) is 1. The van der Waals surface area contributed by atoms with Gasteiger partial charge in [-0.1, -0.05) is 48.5 Å². The molecule has 0 radical (unpaired) electrons. The van der Waals surface area contributed by atoms with Gasteiger partial charge in [0.1, 0.15) is 0 Å². The summed E-state index contributed by atoms with van der Waals surface area (Å²) in [6, 6.07) is 16.0. The number of rotatable bonds is 8. The van der Waals surface area contributed by atoms with E-state index in [1.165, 1.54) is 11.1 Å². The van der Waals surface area contributed by atoms with E-state index in [0.717, 1.165) is 24.0 Å². The lowest BCUT2D eigenvalue weighted by atomic mass is 10.0. The molecule has 2 rings (SSSR count). The van der Waals surface area contributed by atoms with Gasteiger partial charge in [-0.15, -0.1) is 0 Å². The lowest BCUT2D eigenvalue weighted by Crippen LogP contribution is -2.30. The van der Waals surface area contributed by atoms with E-state index in [-0.39, 0.29) is 24.9 Å². The topological polar surface area (TPSA) is 55.4 Å². The van der Waals surface area contributed by atoms with E-state index >= 15 is 0 Å². The smallest absolute Gasteiger partial charge is 0.310 e. The summed E-state index contributed by atoms with van der Waals surface area (Å²) in [5.41, 5.74) is 4.47. The monoisotopic (exact) mass is 339 g/mol. The van der Waals surface area contributed by atoms with Gasteiger partial charge in [0.25, 0.3) is 5.91 Å². The minimum atomic E-state index is -0.386. The molecule has 0 atom stereocenters. The van der Waals surface area contributed by atoms with Crippen LogP contribution in [0.3, 0.4) is 0 Å². The summed E-state index contributed by atoms with van der Waals surface area (Å²) < 4.78 is 5.04. The second-order valence-corrected chi connectivity index (χ2v) is 6.20. The first-order chi connectivity index (χ1) is 12.0. The highest BCUT2D eigenvalue weighted by molar-refractivity contribution is 5.81. The van der Waals surface area contributed by atoms with Crippen LogP contribution in [0.4, 0.5) is 0 Å². The van der Waals surface area contributed by atoms with Gasteiger partial charge in [0.2, 0.25) is 0 Å². The van der Waals surface area contributed by atoms with Crippen LogP contribution in [0.25, 0.3) is 0 Å². The van der Waals surface area contributed by atoms with Crippen molar-refractivity contribution in [2.75, 3.05) is 13.2 Å². The first kappa shape index (κ1) is 18.7. The largest absolute Gasteiger partial charge is 0.455 e. The fourth-order valence-corrected chi connectivity index (χ4v) is 2.49. The van der Waals surface area contributed by atoms with E-state index in [4.69, 9.17) is 4.74 Å². The normalized spacial score (nSPS) is 10.3. The number of carbonyl (C=O) groups excluding carboxylic acids is 2. The molecule has 0 bridgehead atoms. The first-order valence-corrected chi connectivity index (χ1v) is 8.57. The van der Waals surface area contributed by atoms with Crippen molar-refractivity contribution in [2.24, 2.45) is 0 Å². The fourth-order valence-electron chi connectivity index (χ4n) is 2.49. The molecular weight excluding hydrogens is 314 g/mol. The van der Waals surface area contributed by atoms with Crippen molar-refractivity contribution >= 4 is 11.9 Å². The third-order valence-corrected chi connectivity index (χ3v) is 4.09. The number of hydrogen-bond acceptors (Lipinski definition) is 3. The van der Waals surface area contributed by atoms with E-state index in [1.54, 1.807) is 0 Å². The Kier molecular flexibility index (Phi) is 7.20. The maximum absolute atomic E-state index is 11.8. The van der Waals surface area contributed by atoms with Crippen LogP contribution in [0, 0.1) is 13.8 Å². The van der Waals surface area contributed by atoms with Crippen molar-refractivity contribution in [3.63, 3.8) is 0 Å². The van der Waals surface area contributed by atoms with Gasteiger partial charge >= 0.3 is 5.97 Å². The molecule has 1 amide bonds. The Morgan fingerprint density at radius 1 is 0.960 bits per heavy atom. The third kappa shape index (κ3) is 6.79. The number of carbonyl (C=O) groups is 2. The summed E-state index contributed by atoms with van der Waals surface area (Å²) in [4.78, 5) is 23.5. The maximum atomic E-state index is 11.8. The molecule has 0 aliphatic carbocycles. The van der Waals surface area contributed by atoms with Crippen LogP contribution in [0.2, 0.25) is 0 Å². The molecule has 0 saturated carbocycles. The Morgan fingerprint density at radius 2 is 1.72 bits per heavy atom. The number of hydrogen-bond donors (Lipinski definition) is 1.